The van der Waals surface area contributed by atoms with Crippen LogP contribution in [0.5, 0.6) is 5.75 Å². The summed E-state index contributed by atoms with van der Waals surface area (Å²) in [7, 11) is 0. The molecule has 0 spiro atoms. The Morgan fingerprint density at radius 3 is 2.38 bits per heavy atom. The molecule has 0 radical (unpaired) electrons. The molecule has 1 fully saturated rings. The molecule has 3 aromatic carbocycles. The first-order valence-electron chi connectivity index (χ1n) is 11.6. The molecule has 1 heterocycles. The number of hydrogen-bond acceptors (Lipinski definition) is 6. The second kappa shape index (κ2) is 12.3. The average Bonchev–Trinajstić information content (AvgIpc) is 3.18. The van der Waals surface area contributed by atoms with Gasteiger partial charge in [0.25, 0.3) is 11.8 Å². The summed E-state index contributed by atoms with van der Waals surface area (Å²) in [6.45, 7) is 2.54. The maximum atomic E-state index is 12.7. The number of carbonyl (C=O) groups is 3. The van der Waals surface area contributed by atoms with Crippen LogP contribution in [0.15, 0.2) is 83.8 Å². The predicted octanol–water partition coefficient (Wildman–Crippen LogP) is 4.63. The van der Waals surface area contributed by atoms with Crippen LogP contribution in [-0.4, -0.2) is 33.5 Å². The second-order valence-electron chi connectivity index (χ2n) is 8.29. The van der Waals surface area contributed by atoms with E-state index in [-0.39, 0.29) is 18.9 Å². The Hall–Kier alpha value is -3.95. The Kier molecular flexibility index (Phi) is 8.71. The van der Waals surface area contributed by atoms with Gasteiger partial charge in [-0.25, -0.2) is 0 Å². The molecule has 7 nitrogen and oxygen atoms in total. The van der Waals surface area contributed by atoms with Crippen molar-refractivity contribution >= 4 is 52.1 Å². The van der Waals surface area contributed by atoms with Crippen molar-refractivity contribution in [3.05, 3.63) is 106 Å². The van der Waals surface area contributed by atoms with Gasteiger partial charge in [-0.3, -0.25) is 30.1 Å². The average molecular weight is 532 g/mol. The molecule has 188 valence electrons. The summed E-state index contributed by atoms with van der Waals surface area (Å²) in [5.74, 6) is -0.506. The number of hydrazine groups is 1. The lowest BCUT2D eigenvalue weighted by Crippen LogP contribution is -2.43. The highest BCUT2D eigenvalue weighted by atomic mass is 32.2. The van der Waals surface area contributed by atoms with E-state index in [4.69, 9.17) is 17.0 Å². The Morgan fingerprint density at radius 1 is 0.973 bits per heavy atom. The van der Waals surface area contributed by atoms with Crippen LogP contribution in [-0.2, 0) is 16.2 Å². The molecule has 9 heteroatoms. The lowest BCUT2D eigenvalue weighted by molar-refractivity contribution is -0.124. The number of ether oxygens (including phenoxy) is 1. The zero-order valence-electron chi connectivity index (χ0n) is 20.1. The van der Waals surface area contributed by atoms with Crippen LogP contribution in [0.25, 0.3) is 6.08 Å². The topological polar surface area (TPSA) is 87.7 Å². The highest BCUT2D eigenvalue weighted by molar-refractivity contribution is 8.26. The fourth-order valence-electron chi connectivity index (χ4n) is 3.42. The molecule has 0 unspecified atom stereocenters. The molecule has 3 aromatic rings. The van der Waals surface area contributed by atoms with E-state index in [1.165, 1.54) is 16.7 Å². The number of nitrogens with zero attached hydrogens (tertiary/aromatic N) is 1. The van der Waals surface area contributed by atoms with Crippen molar-refractivity contribution in [3.8, 4) is 5.75 Å². The van der Waals surface area contributed by atoms with Crippen molar-refractivity contribution in [1.29, 1.82) is 0 Å². The first-order chi connectivity index (χ1) is 17.9. The van der Waals surface area contributed by atoms with Gasteiger partial charge in [0.1, 0.15) is 16.7 Å². The number of nitrogens with one attached hydrogen (secondary N) is 2. The fraction of sp³-hybridized carbons (Fsp3) is 0.143. The summed E-state index contributed by atoms with van der Waals surface area (Å²) in [4.78, 5) is 39.3. The van der Waals surface area contributed by atoms with E-state index >= 15 is 0 Å². The number of thiocarbonyl (C=S) groups is 1. The second-order valence-corrected chi connectivity index (χ2v) is 9.97. The molecule has 2 N–H and O–H groups in total. The number of rotatable bonds is 8. The largest absolute Gasteiger partial charge is 0.489 e. The predicted molar refractivity (Wildman–Crippen MR) is 148 cm³/mol. The van der Waals surface area contributed by atoms with Crippen molar-refractivity contribution in [2.75, 3.05) is 6.54 Å². The lowest BCUT2D eigenvalue weighted by atomic mass is 10.1. The molecular formula is C28H25N3O4S2. The van der Waals surface area contributed by atoms with E-state index in [9.17, 15) is 14.4 Å². The van der Waals surface area contributed by atoms with E-state index in [2.05, 4.69) is 10.9 Å². The van der Waals surface area contributed by atoms with Crippen LogP contribution in [0.1, 0.15) is 33.5 Å². The van der Waals surface area contributed by atoms with Crippen molar-refractivity contribution in [3.63, 3.8) is 0 Å². The summed E-state index contributed by atoms with van der Waals surface area (Å²) in [5, 5.41) is 0. The van der Waals surface area contributed by atoms with Crippen LogP contribution in [0, 0.1) is 6.92 Å². The maximum absolute atomic E-state index is 12.7. The van der Waals surface area contributed by atoms with Crippen LogP contribution in [0.4, 0.5) is 0 Å². The van der Waals surface area contributed by atoms with E-state index in [1.807, 2.05) is 61.5 Å². The zero-order valence-corrected chi connectivity index (χ0v) is 21.7. The Balaban J connectivity index is 1.22. The third kappa shape index (κ3) is 7.28. The van der Waals surface area contributed by atoms with Crippen LogP contribution >= 0.6 is 24.0 Å². The molecule has 4 rings (SSSR count). The maximum Gasteiger partial charge on any atom is 0.269 e. The number of carbonyl (C=O) groups excluding carboxylic acids is 3. The minimum absolute atomic E-state index is 0.0171. The lowest BCUT2D eigenvalue weighted by Gasteiger charge is -2.14. The number of aryl methyl sites for hydroxylation is 1. The van der Waals surface area contributed by atoms with E-state index < -0.39 is 11.8 Å². The van der Waals surface area contributed by atoms with Gasteiger partial charge in [0.2, 0.25) is 5.91 Å². The van der Waals surface area contributed by atoms with E-state index in [1.54, 1.807) is 30.3 Å². The van der Waals surface area contributed by atoms with Gasteiger partial charge in [0.05, 0.1) is 4.91 Å². The van der Waals surface area contributed by atoms with Crippen molar-refractivity contribution in [1.82, 2.24) is 15.8 Å². The van der Waals surface area contributed by atoms with Gasteiger partial charge in [-0.2, -0.15) is 0 Å². The molecule has 1 aliphatic rings. The summed E-state index contributed by atoms with van der Waals surface area (Å²) in [6.07, 6.45) is 1.77. The molecule has 0 aromatic heterocycles. The zero-order chi connectivity index (χ0) is 26.2. The molecule has 0 bridgehead atoms. The summed E-state index contributed by atoms with van der Waals surface area (Å²) < 4.78 is 6.12. The Bertz CT molecular complexity index is 1320. The minimum atomic E-state index is -0.463. The first kappa shape index (κ1) is 26.1. The van der Waals surface area contributed by atoms with Gasteiger partial charge in [-0.1, -0.05) is 84.1 Å². The van der Waals surface area contributed by atoms with Gasteiger partial charge >= 0.3 is 0 Å². The summed E-state index contributed by atoms with van der Waals surface area (Å²) in [6, 6.07) is 24.2. The molecule has 0 atom stereocenters. The Morgan fingerprint density at radius 2 is 1.68 bits per heavy atom. The Labute approximate surface area is 224 Å². The van der Waals surface area contributed by atoms with Crippen molar-refractivity contribution < 1.29 is 19.1 Å². The van der Waals surface area contributed by atoms with Crippen molar-refractivity contribution in [2.45, 2.75) is 20.0 Å². The van der Waals surface area contributed by atoms with Gasteiger partial charge in [0.15, 0.2) is 0 Å². The third-order valence-corrected chi connectivity index (χ3v) is 6.87. The molecule has 1 aliphatic heterocycles. The van der Waals surface area contributed by atoms with Crippen LogP contribution in [0.2, 0.25) is 0 Å². The summed E-state index contributed by atoms with van der Waals surface area (Å²) >= 11 is 6.53. The minimum Gasteiger partial charge on any atom is -0.489 e. The van der Waals surface area contributed by atoms with Gasteiger partial charge in [-0.15, -0.1) is 0 Å². The van der Waals surface area contributed by atoms with Crippen molar-refractivity contribution in [2.24, 2.45) is 0 Å². The normalized spacial score (nSPS) is 14.1. The third-order valence-electron chi connectivity index (χ3n) is 5.49. The standard InChI is InChI=1S/C28H25N3O4S2/c1-19-7-9-20(10-8-19)17-24-27(34)31(28(36)37-24)16-15-25(32)29-30-26(33)22-11-13-23(14-12-22)35-18-21-5-3-2-4-6-21/h2-14,17H,15-16,18H2,1H3,(H,29,32)(H,30,33). The molecule has 37 heavy (non-hydrogen) atoms. The van der Waals surface area contributed by atoms with Gasteiger partial charge in [-0.05, 0) is 48.4 Å². The number of thioether (sulfide) groups is 1. The number of amides is 3. The van der Waals surface area contributed by atoms with Crippen LogP contribution < -0.4 is 15.6 Å². The molecule has 0 aliphatic carbocycles. The fourth-order valence-corrected chi connectivity index (χ4v) is 4.73. The van der Waals surface area contributed by atoms with Gasteiger partial charge < -0.3 is 4.74 Å². The quantitative estimate of drug-likeness (QED) is 0.251. The van der Waals surface area contributed by atoms with Crippen LogP contribution in [0.3, 0.4) is 0 Å². The number of benzene rings is 3. The molecular weight excluding hydrogens is 506 g/mol. The smallest absolute Gasteiger partial charge is 0.269 e. The molecule has 0 saturated carbocycles. The monoisotopic (exact) mass is 531 g/mol. The highest BCUT2D eigenvalue weighted by Gasteiger charge is 2.32. The van der Waals surface area contributed by atoms with E-state index in [0.717, 1.165) is 16.7 Å². The van der Waals surface area contributed by atoms with E-state index in [0.29, 0.717) is 27.1 Å². The van der Waals surface area contributed by atoms with Gasteiger partial charge in [0, 0.05) is 18.5 Å². The highest BCUT2D eigenvalue weighted by Crippen LogP contribution is 2.32. The SMILES string of the molecule is Cc1ccc(C=C2SC(=S)N(CCC(=O)NNC(=O)c3ccc(OCc4ccccc4)cc3)C2=O)cc1. The molecule has 3 amide bonds. The molecule has 1 saturated heterocycles. The number of hydrogen-bond donors (Lipinski definition) is 2. The summed E-state index contributed by atoms with van der Waals surface area (Å²) in [5.41, 5.74) is 8.21. The first-order valence-corrected chi connectivity index (χ1v) is 12.8.